The van der Waals surface area contributed by atoms with Crippen LogP contribution in [0.15, 0.2) is 0 Å². The number of rotatable bonds is 6. The van der Waals surface area contributed by atoms with Crippen LogP contribution < -0.4 is 5.32 Å². The van der Waals surface area contributed by atoms with Crippen LogP contribution in [-0.4, -0.2) is 37.1 Å². The molecule has 1 heterocycles. The predicted octanol–water partition coefficient (Wildman–Crippen LogP) is 3.03. The van der Waals surface area contributed by atoms with Crippen LogP contribution in [0.25, 0.3) is 0 Å². The van der Waals surface area contributed by atoms with E-state index in [-0.39, 0.29) is 0 Å². The molecule has 0 amide bonds. The van der Waals surface area contributed by atoms with Gasteiger partial charge in [0, 0.05) is 19.1 Å². The molecular weight excluding hydrogens is 208 g/mol. The second-order valence-corrected chi connectivity index (χ2v) is 5.95. The Labute approximate surface area is 107 Å². The van der Waals surface area contributed by atoms with Crippen LogP contribution in [0.2, 0.25) is 0 Å². The Hall–Kier alpha value is -0.0800. The minimum Gasteiger partial charge on any atom is -0.315 e. The van der Waals surface area contributed by atoms with Crippen molar-refractivity contribution < 1.29 is 0 Å². The van der Waals surface area contributed by atoms with Gasteiger partial charge in [-0.1, -0.05) is 26.2 Å². The smallest absolute Gasteiger partial charge is 0.0110 e. The summed E-state index contributed by atoms with van der Waals surface area (Å²) in [6.07, 6.45) is 11.5. The van der Waals surface area contributed by atoms with Crippen molar-refractivity contribution in [1.29, 1.82) is 0 Å². The van der Waals surface area contributed by atoms with Crippen LogP contribution in [0.3, 0.4) is 0 Å². The molecule has 1 aliphatic heterocycles. The van der Waals surface area contributed by atoms with Gasteiger partial charge in [0.2, 0.25) is 0 Å². The van der Waals surface area contributed by atoms with Crippen LogP contribution in [0.1, 0.15) is 58.3 Å². The lowest BCUT2D eigenvalue weighted by Crippen LogP contribution is -2.43. The molecule has 0 bridgehead atoms. The summed E-state index contributed by atoms with van der Waals surface area (Å²) in [5.41, 5.74) is 0. The zero-order chi connectivity index (χ0) is 11.9. The van der Waals surface area contributed by atoms with Crippen LogP contribution in [0, 0.1) is 5.92 Å². The van der Waals surface area contributed by atoms with Gasteiger partial charge in [-0.25, -0.2) is 0 Å². The van der Waals surface area contributed by atoms with Crippen molar-refractivity contribution in [3.63, 3.8) is 0 Å². The molecule has 0 aromatic rings. The summed E-state index contributed by atoms with van der Waals surface area (Å²) in [5, 5.41) is 3.68. The van der Waals surface area contributed by atoms with Gasteiger partial charge >= 0.3 is 0 Å². The van der Waals surface area contributed by atoms with Crippen molar-refractivity contribution in [2.45, 2.75) is 64.3 Å². The van der Waals surface area contributed by atoms with Gasteiger partial charge in [0.25, 0.3) is 0 Å². The van der Waals surface area contributed by atoms with Gasteiger partial charge in [-0.05, 0) is 51.1 Å². The summed E-state index contributed by atoms with van der Waals surface area (Å²) >= 11 is 0. The molecule has 0 spiro atoms. The van der Waals surface area contributed by atoms with E-state index >= 15 is 0 Å². The van der Waals surface area contributed by atoms with Crippen molar-refractivity contribution in [1.82, 2.24) is 10.2 Å². The summed E-state index contributed by atoms with van der Waals surface area (Å²) in [6, 6.07) is 0.872. The first kappa shape index (κ1) is 13.4. The first-order chi connectivity index (χ1) is 8.40. The second kappa shape index (κ2) is 7.38. The maximum absolute atomic E-state index is 3.68. The summed E-state index contributed by atoms with van der Waals surface area (Å²) in [4.78, 5) is 2.71. The van der Waals surface area contributed by atoms with Crippen molar-refractivity contribution in [2.24, 2.45) is 5.92 Å². The van der Waals surface area contributed by atoms with E-state index in [1.165, 1.54) is 77.5 Å². The first-order valence-corrected chi connectivity index (χ1v) is 7.85. The molecule has 1 aliphatic carbocycles. The van der Waals surface area contributed by atoms with E-state index in [0.717, 1.165) is 12.0 Å². The van der Waals surface area contributed by atoms with Crippen LogP contribution >= 0.6 is 0 Å². The minimum atomic E-state index is 0.872. The van der Waals surface area contributed by atoms with E-state index in [4.69, 9.17) is 0 Å². The first-order valence-electron chi connectivity index (χ1n) is 7.85. The molecule has 1 N–H and O–H groups in total. The maximum atomic E-state index is 3.68. The standard InChI is InChI=1S/C15H30N2/c1-2-15-9-5-6-11-17(15)12-10-16-13-14-7-3-4-8-14/h14-16H,2-13H2,1H3. The molecule has 2 nitrogen and oxygen atoms in total. The van der Waals surface area contributed by atoms with E-state index in [1.54, 1.807) is 0 Å². The van der Waals surface area contributed by atoms with E-state index in [1.807, 2.05) is 0 Å². The average molecular weight is 238 g/mol. The molecule has 17 heavy (non-hydrogen) atoms. The fourth-order valence-electron chi connectivity index (χ4n) is 3.56. The van der Waals surface area contributed by atoms with Crippen molar-refractivity contribution in [3.8, 4) is 0 Å². The largest absolute Gasteiger partial charge is 0.315 e. The summed E-state index contributed by atoms with van der Waals surface area (Å²) in [7, 11) is 0. The van der Waals surface area contributed by atoms with Gasteiger partial charge < -0.3 is 5.32 Å². The monoisotopic (exact) mass is 238 g/mol. The Balaban J connectivity index is 1.56. The molecule has 1 atom stereocenters. The molecule has 2 aliphatic rings. The molecule has 0 aromatic heterocycles. The lowest BCUT2D eigenvalue weighted by atomic mass is 10.0. The average Bonchev–Trinajstić information content (AvgIpc) is 2.88. The van der Waals surface area contributed by atoms with E-state index < -0.39 is 0 Å². The highest BCUT2D eigenvalue weighted by Crippen LogP contribution is 2.23. The number of hydrogen-bond donors (Lipinski definition) is 1. The van der Waals surface area contributed by atoms with Gasteiger partial charge in [0.05, 0.1) is 0 Å². The third-order valence-electron chi connectivity index (χ3n) is 4.70. The molecule has 1 unspecified atom stereocenters. The third-order valence-corrected chi connectivity index (χ3v) is 4.70. The molecule has 100 valence electrons. The lowest BCUT2D eigenvalue weighted by molar-refractivity contribution is 0.144. The summed E-state index contributed by atoms with van der Waals surface area (Å²) < 4.78 is 0. The van der Waals surface area contributed by atoms with Gasteiger partial charge in [0.15, 0.2) is 0 Å². The number of hydrogen-bond acceptors (Lipinski definition) is 2. The molecule has 1 saturated carbocycles. The van der Waals surface area contributed by atoms with Crippen LogP contribution in [0.4, 0.5) is 0 Å². The fourth-order valence-corrected chi connectivity index (χ4v) is 3.56. The van der Waals surface area contributed by atoms with Crippen molar-refractivity contribution >= 4 is 0 Å². The quantitative estimate of drug-likeness (QED) is 0.716. The number of piperidine rings is 1. The Kier molecular flexibility index (Phi) is 5.79. The Morgan fingerprint density at radius 3 is 2.59 bits per heavy atom. The number of likely N-dealkylation sites (tertiary alicyclic amines) is 1. The maximum Gasteiger partial charge on any atom is 0.0110 e. The highest BCUT2D eigenvalue weighted by Gasteiger charge is 2.20. The number of nitrogens with zero attached hydrogens (tertiary/aromatic N) is 1. The Morgan fingerprint density at radius 2 is 1.82 bits per heavy atom. The zero-order valence-electron chi connectivity index (χ0n) is 11.6. The highest BCUT2D eigenvalue weighted by atomic mass is 15.2. The normalized spacial score (nSPS) is 27.7. The summed E-state index contributed by atoms with van der Waals surface area (Å²) in [6.45, 7) is 7.42. The zero-order valence-corrected chi connectivity index (χ0v) is 11.6. The van der Waals surface area contributed by atoms with Crippen LogP contribution in [-0.2, 0) is 0 Å². The molecule has 2 fully saturated rings. The van der Waals surface area contributed by atoms with E-state index in [9.17, 15) is 0 Å². The topological polar surface area (TPSA) is 15.3 Å². The van der Waals surface area contributed by atoms with E-state index in [2.05, 4.69) is 17.1 Å². The third kappa shape index (κ3) is 4.26. The van der Waals surface area contributed by atoms with Crippen molar-refractivity contribution in [2.75, 3.05) is 26.2 Å². The number of nitrogens with one attached hydrogen (secondary N) is 1. The van der Waals surface area contributed by atoms with Gasteiger partial charge in [0.1, 0.15) is 0 Å². The Bertz CT molecular complexity index is 199. The molecule has 1 saturated heterocycles. The van der Waals surface area contributed by atoms with E-state index in [0.29, 0.717) is 0 Å². The van der Waals surface area contributed by atoms with Crippen LogP contribution in [0.5, 0.6) is 0 Å². The molecule has 2 heteroatoms. The SMILES string of the molecule is CCC1CCCCN1CCNCC1CCCC1. The van der Waals surface area contributed by atoms with Gasteiger partial charge in [-0.15, -0.1) is 0 Å². The van der Waals surface area contributed by atoms with Gasteiger partial charge in [-0.2, -0.15) is 0 Å². The van der Waals surface area contributed by atoms with Crippen molar-refractivity contribution in [3.05, 3.63) is 0 Å². The summed E-state index contributed by atoms with van der Waals surface area (Å²) in [5.74, 6) is 0.985. The highest BCUT2D eigenvalue weighted by molar-refractivity contribution is 4.76. The van der Waals surface area contributed by atoms with Gasteiger partial charge in [-0.3, -0.25) is 4.90 Å². The molecule has 2 rings (SSSR count). The predicted molar refractivity (Wildman–Crippen MR) is 74.3 cm³/mol. The second-order valence-electron chi connectivity index (χ2n) is 5.95. The molecule has 0 radical (unpaired) electrons. The lowest BCUT2D eigenvalue weighted by Gasteiger charge is -2.35. The Morgan fingerprint density at radius 1 is 1.06 bits per heavy atom. The fraction of sp³-hybridized carbons (Fsp3) is 1.00. The molecule has 0 aromatic carbocycles. The minimum absolute atomic E-state index is 0.872. The molecular formula is C15H30N2.